The zero-order chi connectivity index (χ0) is 8.12. The molecule has 1 N–H and O–H groups in total. The van der Waals surface area contributed by atoms with Gasteiger partial charge in [0, 0.05) is 20.8 Å². The maximum absolute atomic E-state index is 7.00. The number of aliphatic hydroxyl groups excluding tert-OH is 1. The van der Waals surface area contributed by atoms with E-state index in [1.807, 2.05) is 6.92 Å². The third kappa shape index (κ3) is 1680. The van der Waals surface area contributed by atoms with Gasteiger partial charge in [-0.05, 0) is 6.92 Å². The molecule has 100 valence electrons. The molecule has 2 nitrogen and oxygen atoms in total. The third-order valence-electron chi connectivity index (χ3n) is 0.289. The summed E-state index contributed by atoms with van der Waals surface area (Å²) in [5.41, 5.74) is 0. The lowest BCUT2D eigenvalue weighted by Crippen LogP contribution is -1.73. The Labute approximate surface area is 95.7 Å². The van der Waals surface area contributed by atoms with E-state index in [9.17, 15) is 0 Å². The van der Waals surface area contributed by atoms with Crippen molar-refractivity contribution in [1.82, 2.24) is 0 Å². The number of aliphatic hydroxyl groups is 1. The first-order valence-electron chi connectivity index (χ1n) is 3.27. The number of ether oxygens (including phenoxy) is 1. The monoisotopic (exact) mass is 216 g/mol. The Hall–Kier alpha value is -0.0800. The van der Waals surface area contributed by atoms with E-state index in [2.05, 4.69) is 18.6 Å². The quantitative estimate of drug-likeness (QED) is 0.678. The van der Waals surface area contributed by atoms with Gasteiger partial charge in [0.15, 0.2) is 0 Å². The van der Waals surface area contributed by atoms with Crippen molar-refractivity contribution < 1.29 is 9.84 Å². The molecule has 0 spiro atoms. The van der Waals surface area contributed by atoms with Crippen LogP contribution in [-0.2, 0) is 4.74 Å². The molecule has 2 heteroatoms. The van der Waals surface area contributed by atoms with E-state index in [0.29, 0.717) is 0 Å². The van der Waals surface area contributed by atoms with E-state index < -0.39 is 0 Å². The van der Waals surface area contributed by atoms with Gasteiger partial charge in [-0.25, -0.2) is 0 Å². The third-order valence-corrected chi connectivity index (χ3v) is 0.289. The van der Waals surface area contributed by atoms with Crippen molar-refractivity contribution in [1.29, 1.82) is 0 Å². The first kappa shape index (κ1) is 66.3. The zero-order valence-corrected chi connectivity index (χ0v) is 7.27. The minimum atomic E-state index is 0. The van der Waals surface area contributed by atoms with Gasteiger partial charge in [0.2, 0.25) is 0 Å². The van der Waals surface area contributed by atoms with Crippen molar-refractivity contribution in [2.24, 2.45) is 0 Å². The van der Waals surface area contributed by atoms with E-state index in [4.69, 9.17) is 5.11 Å². The summed E-state index contributed by atoms with van der Waals surface area (Å²) in [4.78, 5) is 0. The van der Waals surface area contributed by atoms with E-state index in [1.165, 1.54) is 6.42 Å². The van der Waals surface area contributed by atoms with Crippen LogP contribution in [0.1, 0.15) is 64.3 Å². The molecular formula is C12H40O2. The maximum Gasteiger partial charge on any atom is 0.0433 e. The highest BCUT2D eigenvalue weighted by Crippen LogP contribution is 1.56. The molecule has 0 bridgehead atoms. The smallest absolute Gasteiger partial charge is 0.0433 e. The Morgan fingerprint density at radius 3 is 0.857 bits per heavy atom. The van der Waals surface area contributed by atoms with Crippen molar-refractivity contribution in [3.63, 3.8) is 0 Å². The average Bonchev–Trinajstić information content (AvgIpc) is 1.94. The van der Waals surface area contributed by atoms with Crippen molar-refractivity contribution in [3.8, 4) is 0 Å². The van der Waals surface area contributed by atoms with Gasteiger partial charge in [0.25, 0.3) is 0 Å². The summed E-state index contributed by atoms with van der Waals surface area (Å²) < 4.78 is 4.54. The summed E-state index contributed by atoms with van der Waals surface area (Å²) in [7, 11) is 2.68. The van der Waals surface area contributed by atoms with Gasteiger partial charge >= 0.3 is 0 Å². The van der Waals surface area contributed by atoms with Crippen molar-refractivity contribution in [2.45, 2.75) is 64.3 Å². The summed E-state index contributed by atoms with van der Waals surface area (Å²) >= 11 is 0. The first-order chi connectivity index (χ1) is 4.33. The number of rotatable bonds is 1. The topological polar surface area (TPSA) is 29.5 Å². The fraction of sp³-hybridized carbons (Fsp3) is 1.00. The van der Waals surface area contributed by atoms with Gasteiger partial charge in [-0.1, -0.05) is 57.4 Å². The van der Waals surface area contributed by atoms with Crippen LogP contribution in [0.5, 0.6) is 0 Å². The van der Waals surface area contributed by atoms with Gasteiger partial charge in [-0.2, -0.15) is 0 Å². The predicted octanol–water partition coefficient (Wildman–Crippen LogP) is 4.86. The molecule has 0 amide bonds. The maximum atomic E-state index is 7.00. The van der Waals surface area contributed by atoms with Gasteiger partial charge in [0.05, 0.1) is 0 Å². The van der Waals surface area contributed by atoms with Crippen LogP contribution < -0.4 is 0 Å². The fourth-order valence-corrected chi connectivity index (χ4v) is 0. The van der Waals surface area contributed by atoms with Crippen molar-refractivity contribution in [3.05, 3.63) is 0 Å². The molecule has 0 atom stereocenters. The Morgan fingerprint density at radius 2 is 0.857 bits per heavy atom. The molecule has 0 fully saturated rings. The van der Waals surface area contributed by atoms with E-state index in [0.717, 1.165) is 13.7 Å². The standard InChI is InChI=1S/C3H8O.C3H8.CH4O.5CH4/c1-3-4-2;1-3-2;1-2;;;;;/h3H2,1-2H3;3H2,1-2H3;2H,1H3;5*1H4. The molecule has 0 aliphatic heterocycles. The molecule has 0 rings (SSSR count). The lowest BCUT2D eigenvalue weighted by Gasteiger charge is -1.76. The summed E-state index contributed by atoms with van der Waals surface area (Å²) in [6.45, 7) is 7.03. The van der Waals surface area contributed by atoms with Crippen molar-refractivity contribution in [2.75, 3.05) is 20.8 Å². The predicted molar refractivity (Wildman–Crippen MR) is 75.3 cm³/mol. The highest BCUT2D eigenvalue weighted by atomic mass is 16.5. The van der Waals surface area contributed by atoms with Gasteiger partial charge in [0.1, 0.15) is 0 Å². The SMILES string of the molecule is C.C.C.C.C.CCC.CCOC.CO. The number of methoxy groups -OCH3 is 1. The molecule has 14 heavy (non-hydrogen) atoms. The molecule has 0 aromatic rings. The van der Waals surface area contributed by atoms with Gasteiger partial charge in [-0.3, -0.25) is 0 Å². The van der Waals surface area contributed by atoms with Crippen LogP contribution in [0.25, 0.3) is 0 Å². The lowest BCUT2D eigenvalue weighted by atomic mass is 10.6. The Kier molecular flexibility index (Phi) is 1020. The Bertz CT molecular complexity index is 15.8. The van der Waals surface area contributed by atoms with E-state index in [-0.39, 0.29) is 37.1 Å². The molecule has 0 radical (unpaired) electrons. The van der Waals surface area contributed by atoms with E-state index >= 15 is 0 Å². The highest BCUT2D eigenvalue weighted by molar-refractivity contribution is 3.94. The summed E-state index contributed by atoms with van der Waals surface area (Å²) in [5, 5.41) is 7.00. The fourth-order valence-electron chi connectivity index (χ4n) is 0. The molecule has 0 aromatic carbocycles. The second-order valence-corrected chi connectivity index (χ2v) is 1.28. The van der Waals surface area contributed by atoms with Crippen LogP contribution in [0.3, 0.4) is 0 Å². The minimum absolute atomic E-state index is 0. The average molecular weight is 216 g/mol. The van der Waals surface area contributed by atoms with Gasteiger partial charge in [-0.15, -0.1) is 0 Å². The summed E-state index contributed by atoms with van der Waals surface area (Å²) in [6, 6.07) is 0. The molecule has 0 saturated carbocycles. The zero-order valence-electron chi connectivity index (χ0n) is 7.27. The molecule has 0 saturated heterocycles. The summed E-state index contributed by atoms with van der Waals surface area (Å²) in [5.74, 6) is 0. The second-order valence-electron chi connectivity index (χ2n) is 1.28. The lowest BCUT2D eigenvalue weighted by molar-refractivity contribution is 0.215. The van der Waals surface area contributed by atoms with Gasteiger partial charge < -0.3 is 9.84 Å². The van der Waals surface area contributed by atoms with Crippen LogP contribution in [-0.4, -0.2) is 25.9 Å². The van der Waals surface area contributed by atoms with Crippen LogP contribution in [0.15, 0.2) is 0 Å². The molecule has 0 heterocycles. The van der Waals surface area contributed by atoms with Crippen LogP contribution in [0.2, 0.25) is 0 Å². The minimum Gasteiger partial charge on any atom is -0.400 e. The highest BCUT2D eigenvalue weighted by Gasteiger charge is 1.51. The molecular weight excluding hydrogens is 176 g/mol. The molecule has 0 unspecified atom stereocenters. The molecule has 0 aromatic heterocycles. The molecule has 0 aliphatic carbocycles. The number of hydrogen-bond acceptors (Lipinski definition) is 2. The first-order valence-corrected chi connectivity index (χ1v) is 3.27. The second kappa shape index (κ2) is 215. The largest absolute Gasteiger partial charge is 0.400 e. The van der Waals surface area contributed by atoms with E-state index in [1.54, 1.807) is 7.11 Å². The van der Waals surface area contributed by atoms with Crippen LogP contribution in [0, 0.1) is 0 Å². The normalized spacial score (nSPS) is 3.86. The Balaban J connectivity index is -0.00000000565. The number of hydrogen-bond donors (Lipinski definition) is 1. The summed E-state index contributed by atoms with van der Waals surface area (Å²) in [6.07, 6.45) is 1.25. The van der Waals surface area contributed by atoms with Crippen LogP contribution >= 0.6 is 0 Å². The van der Waals surface area contributed by atoms with Crippen molar-refractivity contribution >= 4 is 0 Å². The molecule has 0 aliphatic rings. The Morgan fingerprint density at radius 1 is 0.786 bits per heavy atom. The van der Waals surface area contributed by atoms with Crippen LogP contribution in [0.4, 0.5) is 0 Å².